The summed E-state index contributed by atoms with van der Waals surface area (Å²) in [6.07, 6.45) is 0. The Morgan fingerprint density at radius 3 is 2.42 bits per heavy atom. The van der Waals surface area contributed by atoms with Gasteiger partial charge in [0.25, 0.3) is 5.91 Å². The van der Waals surface area contributed by atoms with Crippen molar-refractivity contribution in [2.45, 2.75) is 32.9 Å². The first-order valence-corrected chi connectivity index (χ1v) is 7.74. The van der Waals surface area contributed by atoms with Gasteiger partial charge in [-0.15, -0.1) is 0 Å². The second-order valence-electron chi connectivity index (χ2n) is 4.48. The van der Waals surface area contributed by atoms with E-state index in [2.05, 4.69) is 49.2 Å². The van der Waals surface area contributed by atoms with E-state index in [0.29, 0.717) is 10.0 Å². The standard InChI is InChI=1S/C13H16BrIN2O2/c1-7(2)16-12(18)8(3)17-13(19)10-6-9(15)4-5-11(10)14/h4-8H,1-3H3,(H,16,18)(H,17,19). The summed E-state index contributed by atoms with van der Waals surface area (Å²) in [5.74, 6) is -0.457. The molecule has 6 heteroatoms. The molecule has 0 saturated carbocycles. The molecule has 0 spiro atoms. The Balaban J connectivity index is 2.74. The number of amides is 2. The lowest BCUT2D eigenvalue weighted by Crippen LogP contribution is -2.46. The van der Waals surface area contributed by atoms with Gasteiger partial charge in [0.05, 0.1) is 5.56 Å². The third-order valence-electron chi connectivity index (χ3n) is 2.34. The zero-order valence-electron chi connectivity index (χ0n) is 11.0. The van der Waals surface area contributed by atoms with Crippen LogP contribution in [0, 0.1) is 3.57 Å². The highest BCUT2D eigenvalue weighted by Crippen LogP contribution is 2.19. The van der Waals surface area contributed by atoms with Crippen LogP contribution in [0.25, 0.3) is 0 Å². The lowest BCUT2D eigenvalue weighted by atomic mass is 10.2. The Bertz CT molecular complexity index is 492. The summed E-state index contributed by atoms with van der Waals surface area (Å²) >= 11 is 5.47. The lowest BCUT2D eigenvalue weighted by Gasteiger charge is -2.16. The fourth-order valence-corrected chi connectivity index (χ4v) is 2.34. The van der Waals surface area contributed by atoms with Gasteiger partial charge in [-0.25, -0.2) is 0 Å². The molecule has 0 aromatic heterocycles. The molecule has 2 N–H and O–H groups in total. The van der Waals surface area contributed by atoms with E-state index in [9.17, 15) is 9.59 Å². The maximum atomic E-state index is 12.1. The van der Waals surface area contributed by atoms with E-state index in [4.69, 9.17) is 0 Å². The lowest BCUT2D eigenvalue weighted by molar-refractivity contribution is -0.123. The number of hydrogen-bond donors (Lipinski definition) is 2. The van der Waals surface area contributed by atoms with Gasteiger partial charge in [-0.1, -0.05) is 0 Å². The van der Waals surface area contributed by atoms with E-state index in [-0.39, 0.29) is 17.9 Å². The molecule has 19 heavy (non-hydrogen) atoms. The number of benzene rings is 1. The van der Waals surface area contributed by atoms with E-state index in [1.54, 1.807) is 13.0 Å². The molecule has 4 nitrogen and oxygen atoms in total. The van der Waals surface area contributed by atoms with E-state index in [1.807, 2.05) is 26.0 Å². The average Bonchev–Trinajstić information content (AvgIpc) is 2.31. The molecule has 0 aliphatic rings. The fraction of sp³-hybridized carbons (Fsp3) is 0.385. The quantitative estimate of drug-likeness (QED) is 0.710. The van der Waals surface area contributed by atoms with E-state index in [1.165, 1.54) is 0 Å². The topological polar surface area (TPSA) is 58.2 Å². The molecule has 0 radical (unpaired) electrons. The van der Waals surface area contributed by atoms with Gasteiger partial charge < -0.3 is 10.6 Å². The Kier molecular flexibility index (Phi) is 6.25. The smallest absolute Gasteiger partial charge is 0.253 e. The Hall–Kier alpha value is -0.630. The first-order chi connectivity index (χ1) is 8.81. The molecule has 0 aliphatic carbocycles. The molecule has 104 valence electrons. The number of halogens is 2. The first-order valence-electron chi connectivity index (χ1n) is 5.87. The van der Waals surface area contributed by atoms with Crippen molar-refractivity contribution in [2.75, 3.05) is 0 Å². The molecule has 1 atom stereocenters. The van der Waals surface area contributed by atoms with Crippen LogP contribution < -0.4 is 10.6 Å². The fourth-order valence-electron chi connectivity index (χ4n) is 1.42. The van der Waals surface area contributed by atoms with Crippen LogP contribution in [0.4, 0.5) is 0 Å². The number of hydrogen-bond acceptors (Lipinski definition) is 2. The molecule has 1 aromatic carbocycles. The number of carbonyl (C=O) groups is 2. The summed E-state index contributed by atoms with van der Waals surface area (Å²) < 4.78 is 1.67. The first kappa shape index (κ1) is 16.4. The van der Waals surface area contributed by atoms with Crippen LogP contribution in [0.5, 0.6) is 0 Å². The molecule has 0 heterocycles. The normalized spacial score (nSPS) is 12.1. The van der Waals surface area contributed by atoms with Crippen molar-refractivity contribution in [3.63, 3.8) is 0 Å². The van der Waals surface area contributed by atoms with E-state index < -0.39 is 6.04 Å². The highest BCUT2D eigenvalue weighted by molar-refractivity contribution is 14.1. The third-order valence-corrected chi connectivity index (χ3v) is 3.71. The monoisotopic (exact) mass is 438 g/mol. The molecule has 0 bridgehead atoms. The maximum absolute atomic E-state index is 12.1. The second kappa shape index (κ2) is 7.23. The molecule has 1 rings (SSSR count). The van der Waals surface area contributed by atoms with Gasteiger partial charge in [-0.2, -0.15) is 0 Å². The zero-order chi connectivity index (χ0) is 14.6. The molecule has 0 fully saturated rings. The van der Waals surface area contributed by atoms with Crippen LogP contribution in [0.1, 0.15) is 31.1 Å². The van der Waals surface area contributed by atoms with Crippen molar-refractivity contribution in [1.82, 2.24) is 10.6 Å². The van der Waals surface area contributed by atoms with Gasteiger partial charge in [0.2, 0.25) is 5.91 Å². The summed E-state index contributed by atoms with van der Waals surface area (Å²) in [6, 6.07) is 4.97. The highest BCUT2D eigenvalue weighted by Gasteiger charge is 2.18. The van der Waals surface area contributed by atoms with Gasteiger partial charge in [-0.05, 0) is 77.5 Å². The van der Waals surface area contributed by atoms with Crippen LogP contribution in [0.3, 0.4) is 0 Å². The van der Waals surface area contributed by atoms with Crippen molar-refractivity contribution in [3.8, 4) is 0 Å². The molecule has 0 saturated heterocycles. The molecular formula is C13H16BrIN2O2. The predicted octanol–water partition coefficient (Wildman–Crippen LogP) is 2.70. The number of rotatable bonds is 4. The number of nitrogens with one attached hydrogen (secondary N) is 2. The molecule has 2 amide bonds. The molecule has 0 aliphatic heterocycles. The van der Waals surface area contributed by atoms with Crippen LogP contribution in [0.2, 0.25) is 0 Å². The Labute approximate surface area is 135 Å². The Morgan fingerprint density at radius 1 is 1.21 bits per heavy atom. The van der Waals surface area contributed by atoms with Gasteiger partial charge in [-0.3, -0.25) is 9.59 Å². The summed E-state index contributed by atoms with van der Waals surface area (Å²) in [7, 11) is 0. The van der Waals surface area contributed by atoms with E-state index >= 15 is 0 Å². The van der Waals surface area contributed by atoms with Crippen molar-refractivity contribution >= 4 is 50.3 Å². The van der Waals surface area contributed by atoms with E-state index in [0.717, 1.165) is 3.57 Å². The Morgan fingerprint density at radius 2 is 1.84 bits per heavy atom. The van der Waals surface area contributed by atoms with Crippen LogP contribution in [0.15, 0.2) is 22.7 Å². The van der Waals surface area contributed by atoms with Crippen LogP contribution >= 0.6 is 38.5 Å². The summed E-state index contributed by atoms with van der Waals surface area (Å²) in [5.41, 5.74) is 0.524. The average molecular weight is 439 g/mol. The second-order valence-corrected chi connectivity index (χ2v) is 6.58. The van der Waals surface area contributed by atoms with Crippen molar-refractivity contribution in [3.05, 3.63) is 31.8 Å². The summed E-state index contributed by atoms with van der Waals surface area (Å²) in [6.45, 7) is 5.42. The SMILES string of the molecule is CC(C)NC(=O)C(C)NC(=O)c1cc(I)ccc1Br. The molecule has 1 aromatic rings. The third kappa shape index (κ3) is 5.10. The van der Waals surface area contributed by atoms with Gasteiger partial charge >= 0.3 is 0 Å². The van der Waals surface area contributed by atoms with Gasteiger partial charge in [0, 0.05) is 14.1 Å². The number of carbonyl (C=O) groups excluding carboxylic acids is 2. The minimum Gasteiger partial charge on any atom is -0.352 e. The van der Waals surface area contributed by atoms with Crippen LogP contribution in [-0.4, -0.2) is 23.9 Å². The molecule has 1 unspecified atom stereocenters. The van der Waals surface area contributed by atoms with Gasteiger partial charge in [0.15, 0.2) is 0 Å². The van der Waals surface area contributed by atoms with Gasteiger partial charge in [0.1, 0.15) is 6.04 Å². The van der Waals surface area contributed by atoms with Crippen molar-refractivity contribution < 1.29 is 9.59 Å². The van der Waals surface area contributed by atoms with Crippen molar-refractivity contribution in [2.24, 2.45) is 0 Å². The summed E-state index contributed by atoms with van der Waals surface area (Å²) in [4.78, 5) is 23.8. The summed E-state index contributed by atoms with van der Waals surface area (Å²) in [5, 5.41) is 5.44. The minimum absolute atomic E-state index is 0.0521. The van der Waals surface area contributed by atoms with Crippen LogP contribution in [-0.2, 0) is 4.79 Å². The maximum Gasteiger partial charge on any atom is 0.253 e. The largest absolute Gasteiger partial charge is 0.352 e. The molecular weight excluding hydrogens is 423 g/mol. The minimum atomic E-state index is -0.570. The predicted molar refractivity (Wildman–Crippen MR) is 87.1 cm³/mol. The zero-order valence-corrected chi connectivity index (χ0v) is 14.7. The van der Waals surface area contributed by atoms with Crippen molar-refractivity contribution in [1.29, 1.82) is 0 Å². The highest BCUT2D eigenvalue weighted by atomic mass is 127.